The number of fused-ring (bicyclic) bond motifs is 1. The number of aliphatic hydroxyl groups is 1. The number of benzene rings is 3. The molecule has 0 radical (unpaired) electrons. The molecule has 3 aromatic carbocycles. The Morgan fingerprint density at radius 3 is 2.41 bits per heavy atom. The van der Waals surface area contributed by atoms with Crippen LogP contribution in [0.2, 0.25) is 0 Å². The number of thiazole rings is 1. The quantitative estimate of drug-likeness (QED) is 0.331. The fourth-order valence-electron chi connectivity index (χ4n) is 7.50. The van der Waals surface area contributed by atoms with E-state index in [-0.39, 0.29) is 0 Å². The van der Waals surface area contributed by atoms with Gasteiger partial charge in [-0.1, -0.05) is 66.2 Å². The molecule has 1 fully saturated rings. The van der Waals surface area contributed by atoms with E-state index >= 15 is 0 Å². The number of rotatable bonds is 4. The van der Waals surface area contributed by atoms with Crippen molar-refractivity contribution < 1.29 is 19.4 Å². The van der Waals surface area contributed by atoms with E-state index in [9.17, 15) is 9.90 Å². The van der Waals surface area contributed by atoms with Gasteiger partial charge >= 0.3 is 5.97 Å². The highest BCUT2D eigenvalue weighted by atomic mass is 32.1. The molecule has 208 valence electrons. The number of ether oxygens (including phenoxy) is 2. The number of aryl methyl sites for hydroxylation is 4. The van der Waals surface area contributed by atoms with Crippen molar-refractivity contribution in [3.63, 3.8) is 0 Å². The third-order valence-electron chi connectivity index (χ3n) is 8.93. The topological polar surface area (TPSA) is 93.0 Å². The van der Waals surface area contributed by atoms with Crippen molar-refractivity contribution >= 4 is 23.1 Å². The molecule has 1 aliphatic carbocycles. The third-order valence-corrected chi connectivity index (χ3v) is 9.70. The van der Waals surface area contributed by atoms with Crippen molar-refractivity contribution in [3.8, 4) is 5.75 Å². The second-order valence-corrected chi connectivity index (χ2v) is 12.4. The Morgan fingerprint density at radius 1 is 1.02 bits per heavy atom. The number of carbonyl (C=O) groups is 1. The summed E-state index contributed by atoms with van der Waals surface area (Å²) in [5.74, 6) is -1.22. The minimum absolute atomic E-state index is 0.421. The molecule has 0 bridgehead atoms. The number of methoxy groups -OCH3 is 1. The number of aromatic nitrogens is 1. The van der Waals surface area contributed by atoms with Gasteiger partial charge in [-0.05, 0) is 56.0 Å². The van der Waals surface area contributed by atoms with Crippen LogP contribution in [0, 0.1) is 33.6 Å². The molecule has 2 N–H and O–H groups in total. The van der Waals surface area contributed by atoms with Gasteiger partial charge in [0.2, 0.25) is 0 Å². The first-order valence-electron chi connectivity index (χ1n) is 13.7. The first-order valence-corrected chi connectivity index (χ1v) is 14.6. The molecule has 3 aliphatic rings. The zero-order valence-corrected chi connectivity index (χ0v) is 24.4. The van der Waals surface area contributed by atoms with E-state index in [1.807, 2.05) is 93.7 Å². The van der Waals surface area contributed by atoms with Gasteiger partial charge in [0, 0.05) is 16.9 Å². The van der Waals surface area contributed by atoms with Gasteiger partial charge in [0.15, 0.2) is 22.7 Å². The van der Waals surface area contributed by atoms with Crippen LogP contribution in [-0.2, 0) is 20.7 Å². The average molecular weight is 566 g/mol. The van der Waals surface area contributed by atoms with Crippen molar-refractivity contribution in [2.45, 2.75) is 50.5 Å². The number of esters is 1. The number of amidine groups is 1. The number of carbonyl (C=O) groups excluding carboxylic acids is 1. The van der Waals surface area contributed by atoms with E-state index in [4.69, 9.17) is 14.5 Å². The number of nitrogens with zero attached hydrogens (tertiary/aromatic N) is 2. The van der Waals surface area contributed by atoms with Crippen LogP contribution in [0.15, 0.2) is 77.1 Å². The highest BCUT2D eigenvalue weighted by Crippen LogP contribution is 2.74. The maximum absolute atomic E-state index is 14.0. The lowest BCUT2D eigenvalue weighted by molar-refractivity contribution is -0.158. The summed E-state index contributed by atoms with van der Waals surface area (Å²) < 4.78 is 12.7. The lowest BCUT2D eigenvalue weighted by Gasteiger charge is -2.42. The molecule has 0 saturated heterocycles. The maximum atomic E-state index is 14.0. The largest absolute Gasteiger partial charge is 0.478 e. The third kappa shape index (κ3) is 3.20. The molecule has 1 spiro atoms. The molecule has 7 rings (SSSR count). The summed E-state index contributed by atoms with van der Waals surface area (Å²) in [7, 11) is 1.36. The zero-order chi connectivity index (χ0) is 28.7. The monoisotopic (exact) mass is 565 g/mol. The molecule has 0 unspecified atom stereocenters. The Hall–Kier alpha value is -4.01. The van der Waals surface area contributed by atoms with Gasteiger partial charge in [0.25, 0.3) is 0 Å². The molecule has 7 nitrogen and oxygen atoms in total. The molecule has 8 heteroatoms. The maximum Gasteiger partial charge on any atom is 0.314 e. The Morgan fingerprint density at radius 2 is 1.76 bits per heavy atom. The average Bonchev–Trinajstić information content (AvgIpc) is 3.64. The van der Waals surface area contributed by atoms with Crippen LogP contribution < -0.4 is 10.1 Å². The van der Waals surface area contributed by atoms with Crippen LogP contribution in [0.25, 0.3) is 0 Å². The fourth-order valence-corrected chi connectivity index (χ4v) is 8.10. The Bertz CT molecular complexity index is 1730. The van der Waals surface area contributed by atoms with Crippen LogP contribution >= 0.6 is 11.3 Å². The first kappa shape index (κ1) is 25.9. The minimum Gasteiger partial charge on any atom is -0.478 e. The van der Waals surface area contributed by atoms with Crippen LogP contribution in [0.1, 0.15) is 50.0 Å². The van der Waals surface area contributed by atoms with Gasteiger partial charge in [-0.25, -0.2) is 9.98 Å². The van der Waals surface area contributed by atoms with E-state index in [1.54, 1.807) is 0 Å². The Kier molecular flexibility index (Phi) is 5.53. The van der Waals surface area contributed by atoms with Crippen LogP contribution in [0.3, 0.4) is 0 Å². The lowest BCUT2D eigenvalue weighted by atomic mass is 9.68. The van der Waals surface area contributed by atoms with Gasteiger partial charge in [0.05, 0.1) is 12.1 Å². The summed E-state index contributed by atoms with van der Waals surface area (Å²) in [6.45, 7) is 8.00. The lowest BCUT2D eigenvalue weighted by Crippen LogP contribution is -2.62. The van der Waals surface area contributed by atoms with E-state index in [1.165, 1.54) is 18.4 Å². The summed E-state index contributed by atoms with van der Waals surface area (Å²) in [4.78, 5) is 24.1. The van der Waals surface area contributed by atoms with E-state index < -0.39 is 34.7 Å². The molecule has 1 saturated carbocycles. The smallest absolute Gasteiger partial charge is 0.314 e. The molecule has 5 atom stereocenters. The first-order chi connectivity index (χ1) is 19.7. The van der Waals surface area contributed by atoms with E-state index in [0.717, 1.165) is 38.4 Å². The predicted molar refractivity (Wildman–Crippen MR) is 157 cm³/mol. The van der Waals surface area contributed by atoms with E-state index in [0.29, 0.717) is 17.3 Å². The highest BCUT2D eigenvalue weighted by molar-refractivity contribution is 7.09. The van der Waals surface area contributed by atoms with Crippen molar-refractivity contribution in [2.75, 3.05) is 7.11 Å². The molecule has 41 heavy (non-hydrogen) atoms. The van der Waals surface area contributed by atoms with Gasteiger partial charge in [-0.2, -0.15) is 0 Å². The predicted octanol–water partition coefficient (Wildman–Crippen LogP) is 5.19. The van der Waals surface area contributed by atoms with E-state index in [2.05, 4.69) is 16.4 Å². The Labute approximate surface area is 242 Å². The van der Waals surface area contributed by atoms with Gasteiger partial charge in [-0.15, -0.1) is 11.3 Å². The number of aliphatic imine (C=N–C) groups is 1. The van der Waals surface area contributed by atoms with Crippen molar-refractivity contribution in [2.24, 2.45) is 10.9 Å². The van der Waals surface area contributed by atoms with Crippen molar-refractivity contribution in [3.05, 3.63) is 116 Å². The van der Waals surface area contributed by atoms with Gasteiger partial charge in [-0.3, -0.25) is 4.79 Å². The van der Waals surface area contributed by atoms with Crippen LogP contribution in [-0.4, -0.2) is 34.7 Å². The standard InChI is InChI=1S/C33H31N3O4S/c1-18-11-13-23(14-12-18)31-27(22-9-7-6-8-10-22)28(30(37)39-5)33(38)32(31,26-20(3)15-19(2)16-25(26)40-31)35-29(36-33)24-17-41-21(4)34-24/h6-17,27-28,38H,1-5H3,(H,35,36)/t27-,28+,31+,32-,33-/m1/s1. The van der Waals surface area contributed by atoms with Crippen LogP contribution in [0.4, 0.5) is 0 Å². The summed E-state index contributed by atoms with van der Waals surface area (Å²) in [6.07, 6.45) is 0. The summed E-state index contributed by atoms with van der Waals surface area (Å²) >= 11 is 1.50. The normalized spacial score (nSPS) is 29.2. The van der Waals surface area contributed by atoms with Crippen LogP contribution in [0.5, 0.6) is 5.75 Å². The van der Waals surface area contributed by atoms with Gasteiger partial charge < -0.3 is 19.9 Å². The molecule has 3 heterocycles. The van der Waals surface area contributed by atoms with Gasteiger partial charge in [0.1, 0.15) is 17.4 Å². The zero-order valence-electron chi connectivity index (χ0n) is 23.6. The summed E-state index contributed by atoms with van der Waals surface area (Å²) in [5, 5.41) is 19.3. The fraction of sp³-hybridized carbons (Fsp3) is 0.303. The summed E-state index contributed by atoms with van der Waals surface area (Å²) in [5.41, 5.74) is 1.40. The molecule has 1 aromatic heterocycles. The number of hydrogen-bond donors (Lipinski definition) is 2. The molecule has 0 amide bonds. The van der Waals surface area contributed by atoms with Crippen molar-refractivity contribution in [1.29, 1.82) is 0 Å². The molecular weight excluding hydrogens is 534 g/mol. The number of nitrogens with one attached hydrogen (secondary N) is 1. The number of hydrogen-bond acceptors (Lipinski definition) is 8. The Balaban J connectivity index is 1.66. The summed E-state index contributed by atoms with van der Waals surface area (Å²) in [6, 6.07) is 22.0. The van der Waals surface area contributed by atoms with Crippen molar-refractivity contribution in [1.82, 2.24) is 10.3 Å². The second-order valence-electron chi connectivity index (χ2n) is 11.4. The molecule has 2 aliphatic heterocycles. The SMILES string of the molecule is COC(=O)[C@@H]1[C@@H](c2ccccc2)[C@]2(c3ccc(C)cc3)Oc3cc(C)cc(C)c3[C@@]23N=C(c2csc(C)n2)N[C@@]13O. The molecular formula is C33H31N3O4S. The highest BCUT2D eigenvalue weighted by Gasteiger charge is 2.86. The molecule has 4 aromatic rings. The minimum atomic E-state index is -1.91. The second kappa shape index (κ2) is 8.74.